The lowest BCUT2D eigenvalue weighted by atomic mass is 10.1. The van der Waals surface area contributed by atoms with Crippen molar-refractivity contribution < 1.29 is 14.2 Å². The Morgan fingerprint density at radius 2 is 2.06 bits per heavy atom. The minimum Gasteiger partial charge on any atom is -0.497 e. The summed E-state index contributed by atoms with van der Waals surface area (Å²) in [4.78, 5) is 0. The van der Waals surface area contributed by atoms with Crippen LogP contribution in [0.1, 0.15) is 25.6 Å². The fourth-order valence-electron chi connectivity index (χ4n) is 1.94. The molecule has 1 N–H and O–H groups in total. The predicted molar refractivity (Wildman–Crippen MR) is 65.5 cm³/mol. The molecule has 0 amide bonds. The van der Waals surface area contributed by atoms with Gasteiger partial charge in [-0.2, -0.15) is 0 Å². The topological polar surface area (TPSA) is 39.7 Å². The van der Waals surface area contributed by atoms with Gasteiger partial charge in [0.2, 0.25) is 0 Å². The Balaban J connectivity index is 2.30. The second-order valence-corrected chi connectivity index (χ2v) is 4.83. The van der Waals surface area contributed by atoms with Gasteiger partial charge < -0.3 is 14.2 Å². The Kier molecular flexibility index (Phi) is 3.26. The molecule has 1 aromatic carbocycles. The lowest BCUT2D eigenvalue weighted by molar-refractivity contribution is 0.0965. The highest BCUT2D eigenvalue weighted by Gasteiger charge is 2.33. The summed E-state index contributed by atoms with van der Waals surface area (Å²) in [6.45, 7) is 4.90. The van der Waals surface area contributed by atoms with E-state index >= 15 is 0 Å². The highest BCUT2D eigenvalue weighted by Crippen LogP contribution is 2.34. The molecule has 1 aromatic rings. The van der Waals surface area contributed by atoms with Crippen molar-refractivity contribution in [2.24, 2.45) is 0 Å². The van der Waals surface area contributed by atoms with E-state index in [9.17, 15) is 0 Å². The van der Waals surface area contributed by atoms with Gasteiger partial charge in [0, 0.05) is 11.1 Å². The Hall–Kier alpha value is -1.26. The number of nitrogens with one attached hydrogen (secondary N) is 1. The van der Waals surface area contributed by atoms with Crippen LogP contribution in [0.25, 0.3) is 0 Å². The van der Waals surface area contributed by atoms with Crippen LogP contribution in [0.3, 0.4) is 0 Å². The lowest BCUT2D eigenvalue weighted by Gasteiger charge is -2.19. The molecule has 17 heavy (non-hydrogen) atoms. The molecule has 1 aliphatic rings. The number of ether oxygens (including phenoxy) is 3. The maximum absolute atomic E-state index is 5.75. The van der Waals surface area contributed by atoms with Gasteiger partial charge in [-0.25, -0.2) is 0 Å². The lowest BCUT2D eigenvalue weighted by Crippen LogP contribution is -2.35. The van der Waals surface area contributed by atoms with Crippen LogP contribution in [0.15, 0.2) is 18.2 Å². The van der Waals surface area contributed by atoms with E-state index in [1.54, 1.807) is 14.2 Å². The second kappa shape index (κ2) is 4.55. The van der Waals surface area contributed by atoms with Gasteiger partial charge in [0.05, 0.1) is 20.8 Å². The van der Waals surface area contributed by atoms with Gasteiger partial charge in [-0.05, 0) is 32.0 Å². The van der Waals surface area contributed by atoms with Crippen LogP contribution in [-0.2, 0) is 4.74 Å². The summed E-state index contributed by atoms with van der Waals surface area (Å²) < 4.78 is 16.3. The van der Waals surface area contributed by atoms with Crippen LogP contribution >= 0.6 is 0 Å². The molecule has 1 fully saturated rings. The van der Waals surface area contributed by atoms with E-state index < -0.39 is 0 Å². The van der Waals surface area contributed by atoms with E-state index in [4.69, 9.17) is 14.2 Å². The first-order chi connectivity index (χ1) is 8.05. The minimum atomic E-state index is -0.143. The Bertz CT molecular complexity index is 404. The maximum atomic E-state index is 5.75. The minimum absolute atomic E-state index is 0.0151. The van der Waals surface area contributed by atoms with Crippen molar-refractivity contribution in [1.82, 2.24) is 5.32 Å². The first-order valence-electron chi connectivity index (χ1n) is 5.67. The third-order valence-corrected chi connectivity index (χ3v) is 2.85. The highest BCUT2D eigenvalue weighted by molar-refractivity contribution is 5.42. The van der Waals surface area contributed by atoms with Crippen LogP contribution in [0.5, 0.6) is 11.5 Å². The fourth-order valence-corrected chi connectivity index (χ4v) is 1.94. The number of hydrogen-bond acceptors (Lipinski definition) is 4. The van der Waals surface area contributed by atoms with Crippen LogP contribution in [0, 0.1) is 0 Å². The van der Waals surface area contributed by atoms with E-state index in [0.717, 1.165) is 17.1 Å². The summed E-state index contributed by atoms with van der Waals surface area (Å²) in [6.07, 6.45) is -0.143. The van der Waals surface area contributed by atoms with Crippen molar-refractivity contribution >= 4 is 0 Å². The molecule has 94 valence electrons. The standard InChI is InChI=1S/C13H19NO3/c1-13(2)8-17-12(14-13)10-7-9(15-3)5-6-11(10)16-4/h5-7,12,14H,8H2,1-4H3. The van der Waals surface area contributed by atoms with Gasteiger partial charge in [-0.15, -0.1) is 0 Å². The molecule has 0 bridgehead atoms. The van der Waals surface area contributed by atoms with E-state index in [0.29, 0.717) is 6.61 Å². The largest absolute Gasteiger partial charge is 0.497 e. The van der Waals surface area contributed by atoms with Crippen molar-refractivity contribution in [3.63, 3.8) is 0 Å². The molecule has 0 saturated carbocycles. The number of benzene rings is 1. The van der Waals surface area contributed by atoms with Gasteiger partial charge in [-0.3, -0.25) is 5.32 Å². The molecule has 4 heteroatoms. The Labute approximate surface area is 102 Å². The van der Waals surface area contributed by atoms with Crippen LogP contribution < -0.4 is 14.8 Å². The molecule has 1 aliphatic heterocycles. The molecule has 2 rings (SSSR count). The molecule has 0 radical (unpaired) electrons. The summed E-state index contributed by atoms with van der Waals surface area (Å²) in [5.41, 5.74) is 0.955. The zero-order valence-corrected chi connectivity index (χ0v) is 10.7. The van der Waals surface area contributed by atoms with Crippen LogP contribution in [-0.4, -0.2) is 26.4 Å². The van der Waals surface area contributed by atoms with Crippen molar-refractivity contribution in [2.75, 3.05) is 20.8 Å². The molecule has 0 aliphatic carbocycles. The first-order valence-corrected chi connectivity index (χ1v) is 5.67. The third-order valence-electron chi connectivity index (χ3n) is 2.85. The fraction of sp³-hybridized carbons (Fsp3) is 0.538. The van der Waals surface area contributed by atoms with Gasteiger partial charge in [0.25, 0.3) is 0 Å². The summed E-state index contributed by atoms with van der Waals surface area (Å²) in [6, 6.07) is 5.71. The SMILES string of the molecule is COc1ccc(OC)c(C2NC(C)(C)CO2)c1. The molecule has 4 nitrogen and oxygen atoms in total. The van der Waals surface area contributed by atoms with Crippen molar-refractivity contribution in [2.45, 2.75) is 25.6 Å². The molecular weight excluding hydrogens is 218 g/mol. The summed E-state index contributed by atoms with van der Waals surface area (Å²) in [5.74, 6) is 1.61. The van der Waals surface area contributed by atoms with Gasteiger partial charge in [0.15, 0.2) is 0 Å². The molecule has 1 saturated heterocycles. The molecule has 1 unspecified atom stereocenters. The second-order valence-electron chi connectivity index (χ2n) is 4.83. The predicted octanol–water partition coefficient (Wildman–Crippen LogP) is 2.10. The van der Waals surface area contributed by atoms with Crippen molar-refractivity contribution in [1.29, 1.82) is 0 Å². The summed E-state index contributed by atoms with van der Waals surface area (Å²) in [5, 5.41) is 3.41. The Morgan fingerprint density at radius 3 is 2.59 bits per heavy atom. The van der Waals surface area contributed by atoms with Crippen LogP contribution in [0.2, 0.25) is 0 Å². The Morgan fingerprint density at radius 1 is 1.29 bits per heavy atom. The zero-order chi connectivity index (χ0) is 12.5. The molecule has 0 spiro atoms. The quantitative estimate of drug-likeness (QED) is 0.874. The highest BCUT2D eigenvalue weighted by atomic mass is 16.5. The maximum Gasteiger partial charge on any atom is 0.138 e. The molecule has 0 aromatic heterocycles. The monoisotopic (exact) mass is 237 g/mol. The van der Waals surface area contributed by atoms with Crippen molar-refractivity contribution in [3.8, 4) is 11.5 Å². The van der Waals surface area contributed by atoms with E-state index in [1.165, 1.54) is 0 Å². The number of rotatable bonds is 3. The third kappa shape index (κ3) is 2.53. The van der Waals surface area contributed by atoms with Crippen LogP contribution in [0.4, 0.5) is 0 Å². The average Bonchev–Trinajstić information content (AvgIpc) is 2.68. The summed E-state index contributed by atoms with van der Waals surface area (Å²) in [7, 11) is 3.31. The zero-order valence-electron chi connectivity index (χ0n) is 10.7. The number of hydrogen-bond donors (Lipinski definition) is 1. The molecule has 1 atom stereocenters. The average molecular weight is 237 g/mol. The number of methoxy groups -OCH3 is 2. The summed E-state index contributed by atoms with van der Waals surface area (Å²) >= 11 is 0. The van der Waals surface area contributed by atoms with E-state index in [2.05, 4.69) is 19.2 Å². The van der Waals surface area contributed by atoms with Gasteiger partial charge >= 0.3 is 0 Å². The molecular formula is C13H19NO3. The first kappa shape index (κ1) is 12.2. The van der Waals surface area contributed by atoms with E-state index in [-0.39, 0.29) is 11.8 Å². The van der Waals surface area contributed by atoms with E-state index in [1.807, 2.05) is 18.2 Å². The normalized spacial score (nSPS) is 22.5. The van der Waals surface area contributed by atoms with Gasteiger partial charge in [0.1, 0.15) is 17.7 Å². The smallest absolute Gasteiger partial charge is 0.138 e. The van der Waals surface area contributed by atoms with Gasteiger partial charge in [-0.1, -0.05) is 0 Å². The molecule has 1 heterocycles. The van der Waals surface area contributed by atoms with Crippen molar-refractivity contribution in [3.05, 3.63) is 23.8 Å².